The average Bonchev–Trinajstić information content (AvgIpc) is 2.46. The molecule has 1 aliphatic rings. The molecule has 134 valence electrons. The van der Waals surface area contributed by atoms with Crippen LogP contribution in [0.25, 0.3) is 0 Å². The van der Waals surface area contributed by atoms with E-state index in [-0.39, 0.29) is 22.8 Å². The van der Waals surface area contributed by atoms with Crippen molar-refractivity contribution in [1.82, 2.24) is 0 Å². The van der Waals surface area contributed by atoms with Gasteiger partial charge in [0.15, 0.2) is 0 Å². The van der Waals surface area contributed by atoms with Crippen LogP contribution in [0.5, 0.6) is 0 Å². The Morgan fingerprint density at radius 3 is 2.46 bits per heavy atom. The van der Waals surface area contributed by atoms with Gasteiger partial charge in [-0.3, -0.25) is 4.79 Å². The summed E-state index contributed by atoms with van der Waals surface area (Å²) in [4.78, 5) is 12.9. The van der Waals surface area contributed by atoms with Gasteiger partial charge < -0.3 is 4.43 Å². The smallest absolute Gasteiger partial charge is 0.296 e. The van der Waals surface area contributed by atoms with Crippen LogP contribution in [0.4, 0.5) is 0 Å². The number of hydrogen-bond donors (Lipinski definition) is 0. The quantitative estimate of drug-likeness (QED) is 0.449. The molecule has 0 aromatic rings. The van der Waals surface area contributed by atoms with Crippen LogP contribution in [0.15, 0.2) is 49.1 Å². The second kappa shape index (κ2) is 9.21. The van der Waals surface area contributed by atoms with Gasteiger partial charge >= 0.3 is 0 Å². The van der Waals surface area contributed by atoms with Crippen molar-refractivity contribution in [2.75, 3.05) is 0 Å². The lowest BCUT2D eigenvalue weighted by Gasteiger charge is -2.37. The summed E-state index contributed by atoms with van der Waals surface area (Å²) in [5.74, 6) is -0.283. The van der Waals surface area contributed by atoms with Crippen molar-refractivity contribution < 1.29 is 9.22 Å². The zero-order valence-electron chi connectivity index (χ0n) is 16.0. The predicted octanol–water partition coefficient (Wildman–Crippen LogP) is 6.20. The molecule has 0 saturated heterocycles. The molecule has 0 N–H and O–H groups in total. The fourth-order valence-electron chi connectivity index (χ4n) is 2.35. The number of allylic oxidation sites excluding steroid dienone is 7. The first-order valence-corrected chi connectivity index (χ1v) is 11.9. The molecule has 1 aliphatic carbocycles. The molecule has 0 aromatic heterocycles. The van der Waals surface area contributed by atoms with E-state index in [1.54, 1.807) is 0 Å². The molecular weight excluding hydrogens is 312 g/mol. The maximum Gasteiger partial charge on any atom is 0.296 e. The van der Waals surface area contributed by atoms with Crippen molar-refractivity contribution in [2.45, 2.75) is 64.6 Å². The first-order chi connectivity index (χ1) is 11.2. The zero-order chi connectivity index (χ0) is 18.2. The molecule has 0 heterocycles. The topological polar surface area (TPSA) is 26.3 Å². The lowest BCUT2D eigenvalue weighted by molar-refractivity contribution is -0.140. The van der Waals surface area contributed by atoms with E-state index in [4.69, 9.17) is 4.43 Å². The maximum atomic E-state index is 12.9. The summed E-state index contributed by atoms with van der Waals surface area (Å²) in [5.41, 5.74) is 0. The van der Waals surface area contributed by atoms with Crippen molar-refractivity contribution >= 4 is 14.3 Å². The summed E-state index contributed by atoms with van der Waals surface area (Å²) < 4.78 is 6.06. The molecule has 24 heavy (non-hydrogen) atoms. The standard InChI is InChI=1S/C21H34O2Si/c1-7-18-16-14-12-10-8-9-11-13-15-17-19(18)20(22)23-24(5,6)21(2,3)4/h7,10,12-16,18-19H,1,8-9,11,17H2,2-6H3/b12-10+,15-13+,16-14+/t18-,19+/m0/s1. The predicted molar refractivity (Wildman–Crippen MR) is 106 cm³/mol. The SMILES string of the molecule is C=C[C@H]1/C=C/C=C/CCC/C=C/C[C@H]1C(=O)O[Si](C)(C)C(C)(C)C. The third-order valence-electron chi connectivity index (χ3n) is 5.08. The summed E-state index contributed by atoms with van der Waals surface area (Å²) in [6, 6.07) is 0. The monoisotopic (exact) mass is 346 g/mol. The van der Waals surface area contributed by atoms with Crippen molar-refractivity contribution in [3.05, 3.63) is 49.1 Å². The highest BCUT2D eigenvalue weighted by Gasteiger charge is 2.42. The molecule has 0 aliphatic heterocycles. The first kappa shape index (κ1) is 20.7. The van der Waals surface area contributed by atoms with Crippen molar-refractivity contribution in [1.29, 1.82) is 0 Å². The van der Waals surface area contributed by atoms with Crippen molar-refractivity contribution in [3.8, 4) is 0 Å². The van der Waals surface area contributed by atoms with Crippen LogP contribution in [0, 0.1) is 11.8 Å². The van der Waals surface area contributed by atoms with Gasteiger partial charge in [0.25, 0.3) is 14.3 Å². The molecule has 0 amide bonds. The highest BCUT2D eigenvalue weighted by atomic mass is 28.4. The van der Waals surface area contributed by atoms with Gasteiger partial charge in [-0.15, -0.1) is 6.58 Å². The average molecular weight is 347 g/mol. The molecule has 2 atom stereocenters. The van der Waals surface area contributed by atoms with Crippen LogP contribution in [0.2, 0.25) is 18.1 Å². The van der Waals surface area contributed by atoms with Crippen LogP contribution in [-0.4, -0.2) is 14.3 Å². The van der Waals surface area contributed by atoms with E-state index >= 15 is 0 Å². The van der Waals surface area contributed by atoms with E-state index in [0.29, 0.717) is 6.42 Å². The molecule has 0 unspecified atom stereocenters. The molecule has 0 aromatic carbocycles. The van der Waals surface area contributed by atoms with E-state index in [9.17, 15) is 4.79 Å². The molecule has 0 bridgehead atoms. The highest BCUT2D eigenvalue weighted by Crippen LogP contribution is 2.38. The zero-order valence-corrected chi connectivity index (χ0v) is 17.0. The minimum absolute atomic E-state index is 0.00371. The van der Waals surface area contributed by atoms with Crippen molar-refractivity contribution in [3.63, 3.8) is 0 Å². The van der Waals surface area contributed by atoms with Crippen LogP contribution < -0.4 is 0 Å². The third kappa shape index (κ3) is 6.27. The molecule has 1 rings (SSSR count). The Kier molecular flexibility index (Phi) is 7.94. The summed E-state index contributed by atoms with van der Waals surface area (Å²) in [5, 5.41) is 0.0200. The molecule has 0 fully saturated rings. The number of hydrogen-bond acceptors (Lipinski definition) is 2. The molecule has 0 saturated carbocycles. The van der Waals surface area contributed by atoms with Gasteiger partial charge in [-0.25, -0.2) is 0 Å². The Balaban J connectivity index is 3.00. The minimum Gasteiger partial charge on any atom is -0.519 e. The minimum atomic E-state index is -2.11. The van der Waals surface area contributed by atoms with Gasteiger partial charge in [-0.1, -0.05) is 63.3 Å². The number of rotatable bonds is 3. The Morgan fingerprint density at radius 2 is 1.83 bits per heavy atom. The summed E-state index contributed by atoms with van der Waals surface area (Å²) in [6.07, 6.45) is 18.5. The fraction of sp³-hybridized carbons (Fsp3) is 0.571. The second-order valence-electron chi connectivity index (χ2n) is 8.05. The largest absolute Gasteiger partial charge is 0.519 e. The summed E-state index contributed by atoms with van der Waals surface area (Å²) in [7, 11) is -2.11. The first-order valence-electron chi connectivity index (χ1n) is 9.03. The third-order valence-corrected chi connectivity index (χ3v) is 9.40. The van der Waals surface area contributed by atoms with Gasteiger partial charge in [0.2, 0.25) is 0 Å². The molecular formula is C21H34O2Si. The Bertz CT molecular complexity index is 506. The number of carbonyl (C=O) groups is 1. The van der Waals surface area contributed by atoms with Crippen LogP contribution >= 0.6 is 0 Å². The van der Waals surface area contributed by atoms with Gasteiger partial charge in [0.1, 0.15) is 0 Å². The lowest BCUT2D eigenvalue weighted by Crippen LogP contribution is -2.44. The van der Waals surface area contributed by atoms with Gasteiger partial charge in [0, 0.05) is 5.92 Å². The molecule has 2 nitrogen and oxygen atoms in total. The highest BCUT2D eigenvalue weighted by molar-refractivity contribution is 6.75. The van der Waals surface area contributed by atoms with Crippen LogP contribution in [0.3, 0.4) is 0 Å². The van der Waals surface area contributed by atoms with E-state index < -0.39 is 8.32 Å². The van der Waals surface area contributed by atoms with E-state index in [0.717, 1.165) is 19.3 Å². The Hall–Kier alpha value is -1.35. The summed E-state index contributed by atoms with van der Waals surface area (Å²) in [6.45, 7) is 14.6. The lowest BCUT2D eigenvalue weighted by atomic mass is 9.88. The maximum absolute atomic E-state index is 12.9. The van der Waals surface area contributed by atoms with Gasteiger partial charge in [0.05, 0.1) is 5.92 Å². The second-order valence-corrected chi connectivity index (χ2v) is 12.8. The Morgan fingerprint density at radius 1 is 1.17 bits per heavy atom. The fourth-order valence-corrected chi connectivity index (χ4v) is 3.31. The van der Waals surface area contributed by atoms with Gasteiger partial charge in [-0.05, 0) is 43.8 Å². The van der Waals surface area contributed by atoms with Crippen LogP contribution in [0.1, 0.15) is 46.5 Å². The summed E-state index contributed by atoms with van der Waals surface area (Å²) >= 11 is 0. The van der Waals surface area contributed by atoms with Crippen LogP contribution in [-0.2, 0) is 9.22 Å². The molecule has 0 radical (unpaired) electrons. The molecule has 3 heteroatoms. The van der Waals surface area contributed by atoms with Gasteiger partial charge in [-0.2, -0.15) is 0 Å². The normalized spacial score (nSPS) is 27.2. The molecule has 0 spiro atoms. The Labute approximate surface area is 149 Å². The number of carbonyl (C=O) groups excluding carboxylic acids is 1. The van der Waals surface area contributed by atoms with Crippen molar-refractivity contribution in [2.24, 2.45) is 11.8 Å². The van der Waals surface area contributed by atoms with E-state index in [1.807, 2.05) is 12.2 Å². The van der Waals surface area contributed by atoms with E-state index in [2.05, 4.69) is 70.8 Å². The van der Waals surface area contributed by atoms with E-state index in [1.165, 1.54) is 0 Å².